The van der Waals surface area contributed by atoms with E-state index in [1.165, 1.54) is 38.8 Å². The van der Waals surface area contributed by atoms with E-state index in [0.29, 0.717) is 6.47 Å². The minimum atomic E-state index is -0.284. The zero-order valence-corrected chi connectivity index (χ0v) is 10.4. The molecule has 0 amide bonds. The number of piperidine rings is 1. The molecule has 3 nitrogen and oxygen atoms in total. The summed E-state index contributed by atoms with van der Waals surface area (Å²) in [7, 11) is 0. The van der Waals surface area contributed by atoms with E-state index in [2.05, 4.69) is 4.90 Å². The van der Waals surface area contributed by atoms with Gasteiger partial charge in [0.2, 0.25) is 0 Å². The predicted molar refractivity (Wildman–Crippen MR) is 63.2 cm³/mol. The molecule has 1 saturated heterocycles. The Morgan fingerprint density at radius 3 is 2.38 bits per heavy atom. The Balaban J connectivity index is 1.73. The normalized spacial score (nSPS) is 24.4. The van der Waals surface area contributed by atoms with Crippen LogP contribution in [0, 0.1) is 5.92 Å². The summed E-state index contributed by atoms with van der Waals surface area (Å²) in [5, 5.41) is 0. The zero-order valence-electron chi connectivity index (χ0n) is 10.4. The molecule has 16 heavy (non-hydrogen) atoms. The highest BCUT2D eigenvalue weighted by atomic mass is 16.5. The molecule has 0 N–H and O–H groups in total. The lowest BCUT2D eigenvalue weighted by molar-refractivity contribution is -0.142. The molecule has 92 valence electrons. The first-order valence-corrected chi connectivity index (χ1v) is 6.46. The van der Waals surface area contributed by atoms with Gasteiger partial charge in [0.15, 0.2) is 0 Å². The number of nitrogens with zero attached hydrogens (tertiary/aromatic N) is 1. The molecule has 1 aliphatic carbocycles. The Morgan fingerprint density at radius 1 is 1.25 bits per heavy atom. The maximum atomic E-state index is 10.4. The first kappa shape index (κ1) is 11.9. The highest BCUT2D eigenvalue weighted by Crippen LogP contribution is 2.33. The molecule has 1 aliphatic heterocycles. The summed E-state index contributed by atoms with van der Waals surface area (Å²) >= 11 is 0. The third-order valence-electron chi connectivity index (χ3n) is 3.86. The van der Waals surface area contributed by atoms with Crippen LogP contribution in [0.5, 0.6) is 0 Å². The summed E-state index contributed by atoms with van der Waals surface area (Å²) in [6.07, 6.45) is 6.35. The lowest BCUT2D eigenvalue weighted by Gasteiger charge is -2.35. The van der Waals surface area contributed by atoms with Crippen molar-refractivity contribution in [2.75, 3.05) is 13.1 Å². The van der Waals surface area contributed by atoms with Crippen molar-refractivity contribution in [3.8, 4) is 0 Å². The molecule has 3 heteroatoms. The summed E-state index contributed by atoms with van der Waals surface area (Å²) in [4.78, 5) is 13.0. The quantitative estimate of drug-likeness (QED) is 0.672. The van der Waals surface area contributed by atoms with Gasteiger partial charge in [-0.25, -0.2) is 0 Å². The maximum absolute atomic E-state index is 10.4. The fourth-order valence-electron chi connectivity index (χ4n) is 2.84. The molecule has 1 saturated carbocycles. The maximum Gasteiger partial charge on any atom is 0.293 e. The first-order chi connectivity index (χ1) is 7.61. The Kier molecular flexibility index (Phi) is 3.53. The number of carbonyl (C=O) groups is 1. The second-order valence-electron chi connectivity index (χ2n) is 5.89. The number of ether oxygens (including phenoxy) is 1. The summed E-state index contributed by atoms with van der Waals surface area (Å²) < 4.78 is 5.12. The molecule has 2 fully saturated rings. The van der Waals surface area contributed by atoms with E-state index in [0.717, 1.165) is 18.4 Å². The van der Waals surface area contributed by atoms with Crippen molar-refractivity contribution in [3.63, 3.8) is 0 Å². The van der Waals surface area contributed by atoms with Crippen molar-refractivity contribution in [2.24, 2.45) is 5.92 Å². The van der Waals surface area contributed by atoms with Crippen LogP contribution < -0.4 is 0 Å². The van der Waals surface area contributed by atoms with Gasteiger partial charge in [0, 0.05) is 6.04 Å². The molecule has 2 aliphatic rings. The minimum Gasteiger partial charge on any atom is -0.462 e. The number of likely N-dealkylation sites (tertiary alicyclic amines) is 1. The van der Waals surface area contributed by atoms with E-state index >= 15 is 0 Å². The van der Waals surface area contributed by atoms with Crippen molar-refractivity contribution in [3.05, 3.63) is 0 Å². The van der Waals surface area contributed by atoms with Crippen LogP contribution in [0.15, 0.2) is 0 Å². The number of carbonyl (C=O) groups excluding carboxylic acids is 1. The second kappa shape index (κ2) is 4.74. The molecule has 0 aromatic rings. The average Bonchev–Trinajstić information content (AvgIpc) is 3.01. The minimum absolute atomic E-state index is 0.284. The molecule has 0 radical (unpaired) electrons. The number of rotatable bonds is 5. The fourth-order valence-corrected chi connectivity index (χ4v) is 2.84. The monoisotopic (exact) mass is 225 g/mol. The van der Waals surface area contributed by atoms with Gasteiger partial charge in [0.1, 0.15) is 5.60 Å². The molecule has 0 bridgehead atoms. The van der Waals surface area contributed by atoms with Crippen molar-refractivity contribution < 1.29 is 9.53 Å². The molecule has 0 spiro atoms. The van der Waals surface area contributed by atoms with Crippen LogP contribution in [-0.2, 0) is 9.53 Å². The Labute approximate surface area is 98.1 Å². The molecular weight excluding hydrogens is 202 g/mol. The fraction of sp³-hybridized carbons (Fsp3) is 0.923. The topological polar surface area (TPSA) is 29.5 Å². The molecule has 0 unspecified atom stereocenters. The van der Waals surface area contributed by atoms with Crippen LogP contribution in [-0.4, -0.2) is 36.1 Å². The van der Waals surface area contributed by atoms with Crippen molar-refractivity contribution in [2.45, 2.75) is 57.6 Å². The summed E-state index contributed by atoms with van der Waals surface area (Å²) in [5.74, 6) is 0.727. The number of hydrogen-bond acceptors (Lipinski definition) is 3. The Hall–Kier alpha value is -0.570. The van der Waals surface area contributed by atoms with Gasteiger partial charge in [0.25, 0.3) is 6.47 Å². The van der Waals surface area contributed by atoms with Crippen LogP contribution in [0.25, 0.3) is 0 Å². The van der Waals surface area contributed by atoms with E-state index in [1.54, 1.807) is 0 Å². The zero-order chi connectivity index (χ0) is 11.6. The SMILES string of the molecule is CC(C)(CC1CCN(C2CC2)CC1)OC=O. The first-order valence-electron chi connectivity index (χ1n) is 6.46. The molecular formula is C13H23NO2. The Morgan fingerprint density at radius 2 is 1.88 bits per heavy atom. The lowest BCUT2D eigenvalue weighted by Crippen LogP contribution is -2.38. The molecule has 0 atom stereocenters. The summed E-state index contributed by atoms with van der Waals surface area (Å²) in [6.45, 7) is 7.08. The van der Waals surface area contributed by atoms with E-state index in [1.807, 2.05) is 13.8 Å². The van der Waals surface area contributed by atoms with Crippen molar-refractivity contribution in [1.82, 2.24) is 4.90 Å². The van der Waals surface area contributed by atoms with Gasteiger partial charge in [-0.2, -0.15) is 0 Å². The van der Waals surface area contributed by atoms with Gasteiger partial charge in [-0.1, -0.05) is 0 Å². The Bertz CT molecular complexity index is 240. The summed E-state index contributed by atoms with van der Waals surface area (Å²) in [5.41, 5.74) is -0.284. The van der Waals surface area contributed by atoms with Crippen LogP contribution >= 0.6 is 0 Å². The van der Waals surface area contributed by atoms with Gasteiger partial charge in [-0.15, -0.1) is 0 Å². The van der Waals surface area contributed by atoms with Crippen LogP contribution in [0.3, 0.4) is 0 Å². The second-order valence-corrected chi connectivity index (χ2v) is 5.89. The molecule has 0 aromatic heterocycles. The van der Waals surface area contributed by atoms with E-state index in [-0.39, 0.29) is 5.60 Å². The number of hydrogen-bond donors (Lipinski definition) is 0. The van der Waals surface area contributed by atoms with Crippen molar-refractivity contribution >= 4 is 6.47 Å². The van der Waals surface area contributed by atoms with E-state index in [9.17, 15) is 4.79 Å². The van der Waals surface area contributed by atoms with E-state index in [4.69, 9.17) is 4.74 Å². The van der Waals surface area contributed by atoms with E-state index < -0.39 is 0 Å². The standard InChI is InChI=1S/C13H23NO2/c1-13(2,16-10-15)9-11-5-7-14(8-6-11)12-3-4-12/h10-12H,3-9H2,1-2H3. The third-order valence-corrected chi connectivity index (χ3v) is 3.86. The molecule has 0 aromatic carbocycles. The van der Waals surface area contributed by atoms with Gasteiger partial charge < -0.3 is 9.64 Å². The van der Waals surface area contributed by atoms with Gasteiger partial charge in [0.05, 0.1) is 0 Å². The highest BCUT2D eigenvalue weighted by Gasteiger charge is 2.33. The van der Waals surface area contributed by atoms with Crippen LogP contribution in [0.4, 0.5) is 0 Å². The van der Waals surface area contributed by atoms with Crippen LogP contribution in [0.1, 0.15) is 46.0 Å². The average molecular weight is 225 g/mol. The van der Waals surface area contributed by atoms with Crippen LogP contribution in [0.2, 0.25) is 0 Å². The largest absolute Gasteiger partial charge is 0.462 e. The molecule has 1 heterocycles. The van der Waals surface area contributed by atoms with Gasteiger partial charge >= 0.3 is 0 Å². The van der Waals surface area contributed by atoms with Gasteiger partial charge in [-0.3, -0.25) is 4.79 Å². The smallest absolute Gasteiger partial charge is 0.293 e. The highest BCUT2D eigenvalue weighted by molar-refractivity contribution is 5.38. The third kappa shape index (κ3) is 3.21. The summed E-state index contributed by atoms with van der Waals surface area (Å²) in [6, 6.07) is 0.903. The molecule has 2 rings (SSSR count). The lowest BCUT2D eigenvalue weighted by atomic mass is 9.86. The van der Waals surface area contributed by atoms with Crippen molar-refractivity contribution in [1.29, 1.82) is 0 Å². The predicted octanol–water partition coefficient (Wildman–Crippen LogP) is 2.20. The van der Waals surface area contributed by atoms with Gasteiger partial charge in [-0.05, 0) is 65.0 Å².